The molecule has 0 saturated carbocycles. The summed E-state index contributed by atoms with van der Waals surface area (Å²) in [4.78, 5) is 15.7. The maximum atomic E-state index is 11.7. The van der Waals surface area contributed by atoms with E-state index in [0.29, 0.717) is 5.58 Å². The van der Waals surface area contributed by atoms with Crippen LogP contribution in [0.25, 0.3) is 11.1 Å². The quantitative estimate of drug-likeness (QED) is 0.787. The van der Waals surface area contributed by atoms with Crippen LogP contribution in [0.4, 0.5) is 5.69 Å². The van der Waals surface area contributed by atoms with Gasteiger partial charge in [-0.05, 0) is 12.1 Å². The van der Waals surface area contributed by atoms with Crippen molar-refractivity contribution >= 4 is 22.7 Å². The molecular weight excluding hydrogens is 206 g/mol. The first-order valence-corrected chi connectivity index (χ1v) is 5.18. The van der Waals surface area contributed by atoms with Crippen molar-refractivity contribution in [3.8, 4) is 0 Å². The summed E-state index contributed by atoms with van der Waals surface area (Å²) in [6, 6.07) is 5.44. The highest BCUT2D eigenvalue weighted by Crippen LogP contribution is 2.18. The second kappa shape index (κ2) is 3.61. The van der Waals surface area contributed by atoms with Crippen molar-refractivity contribution in [2.24, 2.45) is 5.92 Å². The Bertz CT molecular complexity index is 531. The highest BCUT2D eigenvalue weighted by atomic mass is 16.3. The Morgan fingerprint density at radius 2 is 2.38 bits per heavy atom. The number of nitrogens with one attached hydrogen (secondary N) is 2. The Morgan fingerprint density at radius 1 is 1.50 bits per heavy atom. The Balaban J connectivity index is 1.80. The van der Waals surface area contributed by atoms with E-state index in [1.54, 1.807) is 6.07 Å². The number of hydrogen-bond acceptors (Lipinski definition) is 4. The molecule has 1 aliphatic rings. The molecule has 1 aliphatic heterocycles. The predicted molar refractivity (Wildman–Crippen MR) is 59.0 cm³/mol. The monoisotopic (exact) mass is 217 g/mol. The summed E-state index contributed by atoms with van der Waals surface area (Å²) in [5, 5.41) is 5.92. The van der Waals surface area contributed by atoms with E-state index in [9.17, 15) is 4.79 Å². The molecule has 5 heteroatoms. The van der Waals surface area contributed by atoms with Gasteiger partial charge in [0.1, 0.15) is 5.52 Å². The average Bonchev–Trinajstić information content (AvgIpc) is 2.61. The summed E-state index contributed by atoms with van der Waals surface area (Å²) in [6.07, 6.45) is 1.39. The Hall–Kier alpha value is -1.88. The van der Waals surface area contributed by atoms with Gasteiger partial charge >= 0.3 is 0 Å². The van der Waals surface area contributed by atoms with E-state index < -0.39 is 0 Å². The smallest absolute Gasteiger partial charge is 0.230 e. The molecule has 2 heterocycles. The van der Waals surface area contributed by atoms with Gasteiger partial charge in [0.05, 0.1) is 5.92 Å². The molecule has 0 aliphatic carbocycles. The zero-order valence-electron chi connectivity index (χ0n) is 8.56. The third-order valence-corrected chi connectivity index (χ3v) is 2.75. The van der Waals surface area contributed by atoms with Crippen LogP contribution in [-0.4, -0.2) is 24.0 Å². The first-order valence-electron chi connectivity index (χ1n) is 5.18. The minimum absolute atomic E-state index is 0.0533. The fourth-order valence-corrected chi connectivity index (χ4v) is 1.65. The van der Waals surface area contributed by atoms with Gasteiger partial charge in [-0.15, -0.1) is 0 Å². The van der Waals surface area contributed by atoms with E-state index in [1.807, 2.05) is 12.1 Å². The van der Waals surface area contributed by atoms with E-state index in [0.717, 1.165) is 24.3 Å². The van der Waals surface area contributed by atoms with Crippen LogP contribution in [0.2, 0.25) is 0 Å². The van der Waals surface area contributed by atoms with Gasteiger partial charge in [-0.3, -0.25) is 4.79 Å². The fraction of sp³-hybridized carbons (Fsp3) is 0.273. The summed E-state index contributed by atoms with van der Waals surface area (Å²) in [6.45, 7) is 1.52. The maximum Gasteiger partial charge on any atom is 0.230 e. The molecule has 0 bridgehead atoms. The van der Waals surface area contributed by atoms with Crippen LogP contribution in [-0.2, 0) is 4.79 Å². The van der Waals surface area contributed by atoms with Crippen LogP contribution in [0, 0.1) is 5.92 Å². The topological polar surface area (TPSA) is 67.2 Å². The number of hydrogen-bond donors (Lipinski definition) is 2. The van der Waals surface area contributed by atoms with Crippen molar-refractivity contribution in [3.63, 3.8) is 0 Å². The normalized spacial score (nSPS) is 16.0. The van der Waals surface area contributed by atoms with Gasteiger partial charge in [0.25, 0.3) is 0 Å². The lowest BCUT2D eigenvalue weighted by Gasteiger charge is -2.25. The zero-order valence-corrected chi connectivity index (χ0v) is 8.56. The number of rotatable bonds is 2. The molecular formula is C11H11N3O2. The predicted octanol–water partition coefficient (Wildman–Crippen LogP) is 0.986. The fourth-order valence-electron chi connectivity index (χ4n) is 1.65. The van der Waals surface area contributed by atoms with Gasteiger partial charge in [0.15, 0.2) is 12.0 Å². The molecule has 0 spiro atoms. The van der Waals surface area contributed by atoms with Gasteiger partial charge in [-0.2, -0.15) is 0 Å². The molecule has 2 N–H and O–H groups in total. The van der Waals surface area contributed by atoms with Crippen molar-refractivity contribution in [2.75, 3.05) is 18.4 Å². The first kappa shape index (κ1) is 9.35. The molecule has 82 valence electrons. The molecule has 1 aromatic heterocycles. The standard InChI is InChI=1S/C11H11N3O2/c15-11(7-4-12-5-7)14-8-1-2-9-10(3-8)16-6-13-9/h1-3,6-7,12H,4-5H2,(H,14,15). The van der Waals surface area contributed by atoms with Crippen LogP contribution in [0.1, 0.15) is 0 Å². The summed E-state index contributed by atoms with van der Waals surface area (Å²) in [5.41, 5.74) is 2.23. The summed E-state index contributed by atoms with van der Waals surface area (Å²) >= 11 is 0. The number of carbonyl (C=O) groups excluding carboxylic acids is 1. The molecule has 0 unspecified atom stereocenters. The van der Waals surface area contributed by atoms with E-state index in [1.165, 1.54) is 6.39 Å². The number of carbonyl (C=O) groups is 1. The SMILES string of the molecule is O=C(Nc1ccc2ncoc2c1)C1CNC1. The van der Waals surface area contributed by atoms with E-state index in [2.05, 4.69) is 15.6 Å². The maximum absolute atomic E-state index is 11.7. The van der Waals surface area contributed by atoms with Crippen molar-refractivity contribution in [3.05, 3.63) is 24.6 Å². The van der Waals surface area contributed by atoms with Gasteiger partial charge < -0.3 is 15.1 Å². The lowest BCUT2D eigenvalue weighted by Crippen LogP contribution is -2.48. The van der Waals surface area contributed by atoms with E-state index in [-0.39, 0.29) is 11.8 Å². The molecule has 5 nitrogen and oxygen atoms in total. The number of nitrogens with zero attached hydrogens (tertiary/aromatic N) is 1. The van der Waals surface area contributed by atoms with E-state index >= 15 is 0 Å². The summed E-state index contributed by atoms with van der Waals surface area (Å²) in [5.74, 6) is 0.142. The Morgan fingerprint density at radius 3 is 3.12 bits per heavy atom. The van der Waals surface area contributed by atoms with Crippen molar-refractivity contribution in [2.45, 2.75) is 0 Å². The molecule has 0 radical (unpaired) electrons. The number of anilines is 1. The third kappa shape index (κ3) is 1.55. The molecule has 1 amide bonds. The molecule has 1 aromatic carbocycles. The van der Waals surface area contributed by atoms with E-state index in [4.69, 9.17) is 4.42 Å². The highest BCUT2D eigenvalue weighted by Gasteiger charge is 2.24. The third-order valence-electron chi connectivity index (χ3n) is 2.75. The second-order valence-electron chi connectivity index (χ2n) is 3.88. The van der Waals surface area contributed by atoms with Gasteiger partial charge in [-0.1, -0.05) is 0 Å². The Kier molecular flexibility index (Phi) is 2.11. The highest BCUT2D eigenvalue weighted by molar-refractivity contribution is 5.94. The first-order chi connectivity index (χ1) is 7.83. The van der Waals surface area contributed by atoms with Crippen molar-refractivity contribution < 1.29 is 9.21 Å². The Labute approximate surface area is 91.8 Å². The molecule has 0 atom stereocenters. The van der Waals surface area contributed by atoms with Gasteiger partial charge in [-0.25, -0.2) is 4.98 Å². The molecule has 1 saturated heterocycles. The lowest BCUT2D eigenvalue weighted by molar-refractivity contribution is -0.121. The largest absolute Gasteiger partial charge is 0.443 e. The van der Waals surface area contributed by atoms with Crippen LogP contribution in [0.5, 0.6) is 0 Å². The number of oxazole rings is 1. The summed E-state index contributed by atoms with van der Waals surface area (Å²) in [7, 11) is 0. The molecule has 2 aromatic rings. The molecule has 3 rings (SSSR count). The number of aromatic nitrogens is 1. The number of fused-ring (bicyclic) bond motifs is 1. The molecule has 16 heavy (non-hydrogen) atoms. The van der Waals surface area contributed by atoms with Crippen LogP contribution in [0.3, 0.4) is 0 Å². The van der Waals surface area contributed by atoms with Crippen molar-refractivity contribution in [1.29, 1.82) is 0 Å². The minimum Gasteiger partial charge on any atom is -0.443 e. The van der Waals surface area contributed by atoms with Gasteiger partial charge in [0.2, 0.25) is 5.91 Å². The molecule has 1 fully saturated rings. The number of benzene rings is 1. The minimum atomic E-state index is 0.0533. The van der Waals surface area contributed by atoms with Gasteiger partial charge in [0, 0.05) is 24.8 Å². The van der Waals surface area contributed by atoms with Crippen LogP contribution in [0.15, 0.2) is 29.0 Å². The summed E-state index contributed by atoms with van der Waals surface area (Å²) < 4.78 is 5.17. The van der Waals surface area contributed by atoms with Crippen LogP contribution >= 0.6 is 0 Å². The zero-order chi connectivity index (χ0) is 11.0. The number of amides is 1. The second-order valence-corrected chi connectivity index (χ2v) is 3.88. The lowest BCUT2D eigenvalue weighted by atomic mass is 10.0. The average molecular weight is 217 g/mol. The van der Waals surface area contributed by atoms with Crippen LogP contribution < -0.4 is 10.6 Å². The van der Waals surface area contributed by atoms with Crippen molar-refractivity contribution in [1.82, 2.24) is 10.3 Å².